The van der Waals surface area contributed by atoms with Crippen molar-refractivity contribution in [3.05, 3.63) is 29.8 Å². The minimum atomic E-state index is 0.0834. The number of nitrogens with zero attached hydrogens (tertiary/aromatic N) is 1. The fourth-order valence-corrected chi connectivity index (χ4v) is 2.21. The first kappa shape index (κ1) is 11.1. The van der Waals surface area contributed by atoms with E-state index in [9.17, 15) is 4.79 Å². The van der Waals surface area contributed by atoms with Gasteiger partial charge < -0.3 is 10.6 Å². The molecule has 0 aliphatic carbocycles. The van der Waals surface area contributed by atoms with Crippen LogP contribution in [-0.4, -0.2) is 18.5 Å². The summed E-state index contributed by atoms with van der Waals surface area (Å²) < 4.78 is 0. The zero-order valence-corrected chi connectivity index (χ0v) is 9.65. The van der Waals surface area contributed by atoms with Gasteiger partial charge in [-0.2, -0.15) is 0 Å². The van der Waals surface area contributed by atoms with Gasteiger partial charge in [0.1, 0.15) is 0 Å². The first-order valence-electron chi connectivity index (χ1n) is 5.86. The largest absolute Gasteiger partial charge is 0.326 e. The van der Waals surface area contributed by atoms with Crippen LogP contribution in [0.2, 0.25) is 0 Å². The van der Waals surface area contributed by atoms with Gasteiger partial charge in [-0.3, -0.25) is 4.79 Å². The number of nitrogens with two attached hydrogens (primary N) is 1. The maximum atomic E-state index is 11.8. The Hall–Kier alpha value is -1.35. The van der Waals surface area contributed by atoms with Gasteiger partial charge in [0, 0.05) is 18.3 Å². The summed E-state index contributed by atoms with van der Waals surface area (Å²) in [6, 6.07) is 8.04. The molecule has 1 aliphatic rings. The first-order valence-corrected chi connectivity index (χ1v) is 5.86. The maximum absolute atomic E-state index is 11.8. The van der Waals surface area contributed by atoms with Gasteiger partial charge in [0.25, 0.3) is 0 Å². The van der Waals surface area contributed by atoms with Crippen LogP contribution in [0.4, 0.5) is 5.69 Å². The average molecular weight is 218 g/mol. The summed E-state index contributed by atoms with van der Waals surface area (Å²) in [5.41, 5.74) is 8.15. The number of carbonyl (C=O) groups excluding carboxylic acids is 1. The van der Waals surface area contributed by atoms with Crippen molar-refractivity contribution in [2.45, 2.75) is 32.2 Å². The van der Waals surface area contributed by atoms with E-state index >= 15 is 0 Å². The molecule has 1 amide bonds. The first-order chi connectivity index (χ1) is 7.72. The number of benzene rings is 1. The van der Waals surface area contributed by atoms with Crippen molar-refractivity contribution in [2.24, 2.45) is 5.73 Å². The SMILES string of the molecule is CCCC(N)CN1C(=O)Cc2ccccc21. The van der Waals surface area contributed by atoms with E-state index in [0.717, 1.165) is 24.1 Å². The Balaban J connectivity index is 2.13. The Kier molecular flexibility index (Phi) is 3.25. The lowest BCUT2D eigenvalue weighted by atomic mass is 10.1. The fourth-order valence-electron chi connectivity index (χ4n) is 2.21. The predicted octanol–water partition coefficient (Wildman–Crippen LogP) is 1.70. The van der Waals surface area contributed by atoms with Gasteiger partial charge in [-0.15, -0.1) is 0 Å². The molecule has 1 aliphatic heterocycles. The highest BCUT2D eigenvalue weighted by molar-refractivity contribution is 6.01. The van der Waals surface area contributed by atoms with Gasteiger partial charge in [-0.1, -0.05) is 31.5 Å². The summed E-state index contributed by atoms with van der Waals surface area (Å²) in [6.07, 6.45) is 2.55. The number of hydrogen-bond donors (Lipinski definition) is 1. The van der Waals surface area contributed by atoms with Crippen molar-refractivity contribution in [1.82, 2.24) is 0 Å². The third-order valence-corrected chi connectivity index (χ3v) is 3.00. The van der Waals surface area contributed by atoms with E-state index in [-0.39, 0.29) is 11.9 Å². The lowest BCUT2D eigenvalue weighted by Gasteiger charge is -2.21. The van der Waals surface area contributed by atoms with Crippen LogP contribution in [0.5, 0.6) is 0 Å². The van der Waals surface area contributed by atoms with Gasteiger partial charge in [-0.25, -0.2) is 0 Å². The van der Waals surface area contributed by atoms with Crippen LogP contribution in [-0.2, 0) is 11.2 Å². The normalized spacial score (nSPS) is 16.4. The highest BCUT2D eigenvalue weighted by Crippen LogP contribution is 2.28. The molecule has 0 radical (unpaired) electrons. The molecular formula is C13H18N2O. The molecule has 0 spiro atoms. The van der Waals surface area contributed by atoms with Crippen molar-refractivity contribution >= 4 is 11.6 Å². The van der Waals surface area contributed by atoms with Crippen molar-refractivity contribution in [3.63, 3.8) is 0 Å². The van der Waals surface area contributed by atoms with Gasteiger partial charge in [-0.05, 0) is 18.1 Å². The number of hydrogen-bond acceptors (Lipinski definition) is 2. The van der Waals surface area contributed by atoms with Crippen LogP contribution in [0.1, 0.15) is 25.3 Å². The molecule has 0 bridgehead atoms. The molecular weight excluding hydrogens is 200 g/mol. The second-order valence-corrected chi connectivity index (χ2v) is 4.36. The summed E-state index contributed by atoms with van der Waals surface area (Å²) >= 11 is 0. The lowest BCUT2D eigenvalue weighted by Crippen LogP contribution is -2.39. The molecule has 0 aromatic heterocycles. The Morgan fingerprint density at radius 2 is 2.19 bits per heavy atom. The van der Waals surface area contributed by atoms with Crippen LogP contribution in [0.3, 0.4) is 0 Å². The molecule has 0 saturated carbocycles. The van der Waals surface area contributed by atoms with Crippen LogP contribution in [0, 0.1) is 0 Å². The third kappa shape index (κ3) is 2.09. The molecule has 86 valence electrons. The number of rotatable bonds is 4. The molecule has 0 saturated heterocycles. The number of amides is 1. The van der Waals surface area contributed by atoms with Gasteiger partial charge >= 0.3 is 0 Å². The number of para-hydroxylation sites is 1. The summed E-state index contributed by atoms with van der Waals surface area (Å²) in [6.45, 7) is 2.75. The Morgan fingerprint density at radius 3 is 2.94 bits per heavy atom. The van der Waals surface area contributed by atoms with E-state index in [1.807, 2.05) is 29.2 Å². The van der Waals surface area contributed by atoms with E-state index in [1.54, 1.807) is 0 Å². The number of anilines is 1. The molecule has 1 aromatic rings. The fraction of sp³-hybridized carbons (Fsp3) is 0.462. The molecule has 1 unspecified atom stereocenters. The van der Waals surface area contributed by atoms with E-state index < -0.39 is 0 Å². The molecule has 1 heterocycles. The smallest absolute Gasteiger partial charge is 0.231 e. The monoisotopic (exact) mass is 218 g/mol. The van der Waals surface area contributed by atoms with Crippen molar-refractivity contribution < 1.29 is 4.79 Å². The second kappa shape index (κ2) is 4.66. The topological polar surface area (TPSA) is 46.3 Å². The molecule has 3 nitrogen and oxygen atoms in total. The zero-order valence-electron chi connectivity index (χ0n) is 9.65. The molecule has 16 heavy (non-hydrogen) atoms. The summed E-state index contributed by atoms with van der Waals surface area (Å²) in [5.74, 6) is 0.174. The molecule has 3 heteroatoms. The molecule has 2 N–H and O–H groups in total. The van der Waals surface area contributed by atoms with Gasteiger partial charge in [0.15, 0.2) is 0 Å². The third-order valence-electron chi connectivity index (χ3n) is 3.00. The lowest BCUT2D eigenvalue weighted by molar-refractivity contribution is -0.117. The van der Waals surface area contributed by atoms with Crippen LogP contribution in [0.25, 0.3) is 0 Å². The van der Waals surface area contributed by atoms with Crippen LogP contribution in [0.15, 0.2) is 24.3 Å². The maximum Gasteiger partial charge on any atom is 0.231 e. The van der Waals surface area contributed by atoms with E-state index in [4.69, 9.17) is 5.73 Å². The molecule has 1 atom stereocenters. The summed E-state index contributed by atoms with van der Waals surface area (Å²) in [5, 5.41) is 0. The standard InChI is InChI=1S/C13H18N2O/c1-2-5-11(14)9-15-12-7-4-3-6-10(12)8-13(15)16/h3-4,6-7,11H,2,5,8-9,14H2,1H3. The second-order valence-electron chi connectivity index (χ2n) is 4.36. The van der Waals surface area contributed by atoms with E-state index in [1.165, 1.54) is 0 Å². The predicted molar refractivity (Wildman–Crippen MR) is 65.4 cm³/mol. The minimum absolute atomic E-state index is 0.0834. The summed E-state index contributed by atoms with van der Waals surface area (Å²) in [7, 11) is 0. The van der Waals surface area contributed by atoms with Crippen molar-refractivity contribution in [3.8, 4) is 0 Å². The van der Waals surface area contributed by atoms with Crippen molar-refractivity contribution in [1.29, 1.82) is 0 Å². The zero-order chi connectivity index (χ0) is 11.5. The van der Waals surface area contributed by atoms with Crippen LogP contribution >= 0.6 is 0 Å². The van der Waals surface area contributed by atoms with Crippen molar-refractivity contribution in [2.75, 3.05) is 11.4 Å². The molecule has 1 aromatic carbocycles. The Labute approximate surface area is 96.2 Å². The number of carbonyl (C=O) groups is 1. The van der Waals surface area contributed by atoms with Gasteiger partial charge in [0.05, 0.1) is 6.42 Å². The Morgan fingerprint density at radius 1 is 1.44 bits per heavy atom. The van der Waals surface area contributed by atoms with E-state index in [2.05, 4.69) is 6.92 Å². The summed E-state index contributed by atoms with van der Waals surface area (Å²) in [4.78, 5) is 13.7. The molecule has 2 rings (SSSR count). The quantitative estimate of drug-likeness (QED) is 0.836. The van der Waals surface area contributed by atoms with E-state index in [0.29, 0.717) is 13.0 Å². The Bertz CT molecular complexity index is 389. The highest BCUT2D eigenvalue weighted by atomic mass is 16.2. The minimum Gasteiger partial charge on any atom is -0.326 e. The average Bonchev–Trinajstić information content (AvgIpc) is 2.56. The van der Waals surface area contributed by atoms with Crippen LogP contribution < -0.4 is 10.6 Å². The molecule has 0 fully saturated rings. The number of fused-ring (bicyclic) bond motifs is 1. The highest BCUT2D eigenvalue weighted by Gasteiger charge is 2.27. The van der Waals surface area contributed by atoms with Gasteiger partial charge in [0.2, 0.25) is 5.91 Å².